The second-order valence-corrected chi connectivity index (χ2v) is 5.74. The summed E-state index contributed by atoms with van der Waals surface area (Å²) in [7, 11) is 1.75. The van der Waals surface area contributed by atoms with Crippen LogP contribution >= 0.6 is 12.4 Å². The molecule has 2 fully saturated rings. The molecule has 0 aromatic heterocycles. The molecule has 1 saturated heterocycles. The van der Waals surface area contributed by atoms with Crippen molar-refractivity contribution in [2.24, 2.45) is 5.92 Å². The van der Waals surface area contributed by atoms with Crippen LogP contribution in [0.4, 0.5) is 0 Å². The number of amides is 2. The fourth-order valence-corrected chi connectivity index (χ4v) is 2.92. The Hall–Kier alpha value is -0.810. The molecule has 1 aliphatic carbocycles. The predicted octanol–water partition coefficient (Wildman–Crippen LogP) is 0.879. The van der Waals surface area contributed by atoms with Gasteiger partial charge in [-0.05, 0) is 18.8 Å². The quantitative estimate of drug-likeness (QED) is 0.839. The van der Waals surface area contributed by atoms with Crippen LogP contribution < -0.4 is 5.32 Å². The maximum atomic E-state index is 12.1. The van der Waals surface area contributed by atoms with Gasteiger partial charge in [-0.15, -0.1) is 12.4 Å². The van der Waals surface area contributed by atoms with Gasteiger partial charge in [-0.3, -0.25) is 9.59 Å². The molecule has 0 bridgehead atoms. The molecule has 2 aliphatic rings. The lowest BCUT2D eigenvalue weighted by atomic mass is 10.0. The molecule has 0 aromatic carbocycles. The smallest absolute Gasteiger partial charge is 0.242 e. The van der Waals surface area contributed by atoms with Gasteiger partial charge in [-0.1, -0.05) is 12.8 Å². The molecule has 2 rings (SSSR count). The highest BCUT2D eigenvalue weighted by Crippen LogP contribution is 2.27. The Morgan fingerprint density at radius 2 is 1.80 bits per heavy atom. The first-order valence-corrected chi connectivity index (χ1v) is 7.39. The van der Waals surface area contributed by atoms with Crippen molar-refractivity contribution in [3.63, 3.8) is 0 Å². The molecular weight excluding hydrogens is 278 g/mol. The molecule has 0 unspecified atom stereocenters. The summed E-state index contributed by atoms with van der Waals surface area (Å²) < 4.78 is 0. The highest BCUT2D eigenvalue weighted by Gasteiger charge is 2.23. The molecular formula is C14H26ClN3O2. The number of hydrogen-bond donors (Lipinski definition) is 1. The minimum absolute atomic E-state index is 0. The van der Waals surface area contributed by atoms with Gasteiger partial charge in [0.05, 0.1) is 6.54 Å². The van der Waals surface area contributed by atoms with E-state index in [0.717, 1.165) is 26.2 Å². The summed E-state index contributed by atoms with van der Waals surface area (Å²) in [6.07, 6.45) is 5.46. The standard InChI is InChI=1S/C14H25N3O2.ClH/c1-16(13(18)10-12-4-2-3-5-12)11-14(19)17-8-6-15-7-9-17;/h12,15H,2-11H2,1H3;1H. The van der Waals surface area contributed by atoms with Crippen LogP contribution in [-0.2, 0) is 9.59 Å². The normalized spacial score (nSPS) is 19.6. The molecule has 0 spiro atoms. The van der Waals surface area contributed by atoms with Crippen LogP contribution in [0.3, 0.4) is 0 Å². The van der Waals surface area contributed by atoms with E-state index in [1.807, 2.05) is 4.90 Å². The SMILES string of the molecule is CN(CC(=O)N1CCNCC1)C(=O)CC1CCCC1.Cl. The number of piperazine rings is 1. The van der Waals surface area contributed by atoms with E-state index < -0.39 is 0 Å². The monoisotopic (exact) mass is 303 g/mol. The lowest BCUT2D eigenvalue weighted by Gasteiger charge is -2.29. The zero-order chi connectivity index (χ0) is 13.7. The molecule has 0 radical (unpaired) electrons. The number of likely N-dealkylation sites (N-methyl/N-ethyl adjacent to an activating group) is 1. The first kappa shape index (κ1) is 17.2. The van der Waals surface area contributed by atoms with Crippen molar-refractivity contribution >= 4 is 24.2 Å². The fourth-order valence-electron chi connectivity index (χ4n) is 2.92. The second-order valence-electron chi connectivity index (χ2n) is 5.74. The van der Waals surface area contributed by atoms with E-state index in [-0.39, 0.29) is 30.8 Å². The average molecular weight is 304 g/mol. The minimum atomic E-state index is 0. The Labute approximate surface area is 127 Å². The summed E-state index contributed by atoms with van der Waals surface area (Å²) in [4.78, 5) is 27.6. The number of rotatable bonds is 4. The molecule has 2 amide bonds. The second kappa shape index (κ2) is 8.47. The Bertz CT molecular complexity index is 326. The zero-order valence-corrected chi connectivity index (χ0v) is 13.1. The summed E-state index contributed by atoms with van der Waals surface area (Å²) >= 11 is 0. The van der Waals surface area contributed by atoms with Crippen molar-refractivity contribution < 1.29 is 9.59 Å². The fraction of sp³-hybridized carbons (Fsp3) is 0.857. The van der Waals surface area contributed by atoms with Gasteiger partial charge in [0, 0.05) is 39.6 Å². The third-order valence-electron chi connectivity index (χ3n) is 4.21. The van der Waals surface area contributed by atoms with E-state index in [9.17, 15) is 9.59 Å². The van der Waals surface area contributed by atoms with Crippen LogP contribution in [0, 0.1) is 5.92 Å². The van der Waals surface area contributed by atoms with E-state index in [2.05, 4.69) is 5.32 Å². The molecule has 1 aliphatic heterocycles. The number of carbonyl (C=O) groups is 2. The molecule has 6 heteroatoms. The Kier molecular flexibility index (Phi) is 7.30. The summed E-state index contributed by atoms with van der Waals surface area (Å²) in [6, 6.07) is 0. The predicted molar refractivity (Wildman–Crippen MR) is 80.9 cm³/mol. The van der Waals surface area contributed by atoms with Crippen LogP contribution in [0.5, 0.6) is 0 Å². The van der Waals surface area contributed by atoms with E-state index in [0.29, 0.717) is 12.3 Å². The van der Waals surface area contributed by atoms with Gasteiger partial charge in [0.25, 0.3) is 0 Å². The molecule has 20 heavy (non-hydrogen) atoms. The number of nitrogens with zero attached hydrogens (tertiary/aromatic N) is 2. The molecule has 0 atom stereocenters. The van der Waals surface area contributed by atoms with Gasteiger partial charge in [0.2, 0.25) is 11.8 Å². The first-order valence-electron chi connectivity index (χ1n) is 7.39. The Morgan fingerprint density at radius 1 is 1.20 bits per heavy atom. The van der Waals surface area contributed by atoms with E-state index in [1.165, 1.54) is 25.7 Å². The molecule has 1 N–H and O–H groups in total. The van der Waals surface area contributed by atoms with Crippen molar-refractivity contribution in [3.05, 3.63) is 0 Å². The van der Waals surface area contributed by atoms with Gasteiger partial charge in [-0.2, -0.15) is 0 Å². The van der Waals surface area contributed by atoms with Crippen molar-refractivity contribution in [1.29, 1.82) is 0 Å². The maximum Gasteiger partial charge on any atom is 0.242 e. The van der Waals surface area contributed by atoms with E-state index in [4.69, 9.17) is 0 Å². The van der Waals surface area contributed by atoms with Gasteiger partial charge in [0.1, 0.15) is 0 Å². The van der Waals surface area contributed by atoms with E-state index >= 15 is 0 Å². The largest absolute Gasteiger partial charge is 0.339 e. The molecule has 5 nitrogen and oxygen atoms in total. The van der Waals surface area contributed by atoms with Gasteiger partial charge < -0.3 is 15.1 Å². The Balaban J connectivity index is 0.00000200. The van der Waals surface area contributed by atoms with E-state index in [1.54, 1.807) is 11.9 Å². The number of halogens is 1. The minimum Gasteiger partial charge on any atom is -0.339 e. The van der Waals surface area contributed by atoms with Crippen LogP contribution in [0.2, 0.25) is 0 Å². The summed E-state index contributed by atoms with van der Waals surface area (Å²) in [5.41, 5.74) is 0. The van der Waals surface area contributed by atoms with Crippen molar-refractivity contribution in [3.8, 4) is 0 Å². The van der Waals surface area contributed by atoms with Gasteiger partial charge in [0.15, 0.2) is 0 Å². The summed E-state index contributed by atoms with van der Waals surface area (Å²) in [5, 5.41) is 3.22. The topological polar surface area (TPSA) is 52.7 Å². The highest BCUT2D eigenvalue weighted by atomic mass is 35.5. The first-order chi connectivity index (χ1) is 9.16. The van der Waals surface area contributed by atoms with Gasteiger partial charge >= 0.3 is 0 Å². The van der Waals surface area contributed by atoms with Crippen molar-refractivity contribution in [1.82, 2.24) is 15.1 Å². The van der Waals surface area contributed by atoms with Crippen molar-refractivity contribution in [2.75, 3.05) is 39.8 Å². The third kappa shape index (κ3) is 4.94. The highest BCUT2D eigenvalue weighted by molar-refractivity contribution is 5.85. The summed E-state index contributed by atoms with van der Waals surface area (Å²) in [6.45, 7) is 3.44. The average Bonchev–Trinajstić information content (AvgIpc) is 2.92. The molecule has 116 valence electrons. The molecule has 0 aromatic rings. The van der Waals surface area contributed by atoms with Crippen LogP contribution in [0.1, 0.15) is 32.1 Å². The molecule has 1 heterocycles. The lowest BCUT2D eigenvalue weighted by Crippen LogP contribution is -2.49. The lowest BCUT2D eigenvalue weighted by molar-refractivity contribution is -0.140. The molecule has 1 saturated carbocycles. The van der Waals surface area contributed by atoms with Gasteiger partial charge in [-0.25, -0.2) is 0 Å². The zero-order valence-electron chi connectivity index (χ0n) is 12.3. The third-order valence-corrected chi connectivity index (χ3v) is 4.21. The number of nitrogens with one attached hydrogen (secondary N) is 1. The van der Waals surface area contributed by atoms with Crippen molar-refractivity contribution in [2.45, 2.75) is 32.1 Å². The maximum absolute atomic E-state index is 12.1. The van der Waals surface area contributed by atoms with Crippen LogP contribution in [0.15, 0.2) is 0 Å². The number of hydrogen-bond acceptors (Lipinski definition) is 3. The van der Waals surface area contributed by atoms with Crippen LogP contribution in [-0.4, -0.2) is 61.4 Å². The number of carbonyl (C=O) groups excluding carboxylic acids is 2. The van der Waals surface area contributed by atoms with Crippen LogP contribution in [0.25, 0.3) is 0 Å². The Morgan fingerprint density at radius 3 is 2.40 bits per heavy atom. The summed E-state index contributed by atoms with van der Waals surface area (Å²) in [5.74, 6) is 0.739.